The number of aromatic nitrogens is 2. The number of carbonyl (C=O) groups excluding carboxylic acids is 2. The number of carbonyl (C=O) groups is 2. The van der Waals surface area contributed by atoms with E-state index in [0.29, 0.717) is 38.6 Å². The Balaban J connectivity index is 1.31. The number of aliphatic hydroxyl groups is 1. The van der Waals surface area contributed by atoms with Crippen molar-refractivity contribution in [1.29, 1.82) is 0 Å². The highest BCUT2D eigenvalue weighted by Gasteiger charge is 2.48. The molecule has 12 heteroatoms. The first kappa shape index (κ1) is 31.7. The van der Waals surface area contributed by atoms with Gasteiger partial charge in [0.2, 0.25) is 5.13 Å². The van der Waals surface area contributed by atoms with Crippen LogP contribution in [0, 0.1) is 12.7 Å². The molecule has 1 aliphatic heterocycles. The molecule has 0 saturated carbocycles. The molecule has 1 fully saturated rings. The number of halogens is 3. The highest BCUT2D eigenvalue weighted by atomic mass is 35.5. The molecular formula is C34H24Cl2FN3O4S2. The van der Waals surface area contributed by atoms with Gasteiger partial charge in [0.05, 0.1) is 21.7 Å². The summed E-state index contributed by atoms with van der Waals surface area (Å²) in [6.45, 7) is 2.38. The summed E-state index contributed by atoms with van der Waals surface area (Å²) >= 11 is 15.0. The number of hydrogen-bond acceptors (Lipinski definition) is 8. The molecule has 7 nitrogen and oxygen atoms in total. The van der Waals surface area contributed by atoms with Gasteiger partial charge in [-0.3, -0.25) is 14.5 Å². The van der Waals surface area contributed by atoms with Crippen molar-refractivity contribution in [2.75, 3.05) is 4.90 Å². The van der Waals surface area contributed by atoms with Crippen molar-refractivity contribution in [2.24, 2.45) is 0 Å². The number of ether oxygens (including phenoxy) is 1. The van der Waals surface area contributed by atoms with Crippen molar-refractivity contribution >= 4 is 68.9 Å². The van der Waals surface area contributed by atoms with Crippen molar-refractivity contribution in [1.82, 2.24) is 10.2 Å². The fourth-order valence-corrected chi connectivity index (χ4v) is 7.04. The van der Waals surface area contributed by atoms with Crippen LogP contribution in [0.2, 0.25) is 10.0 Å². The van der Waals surface area contributed by atoms with Gasteiger partial charge in [-0.25, -0.2) is 4.39 Å². The minimum absolute atomic E-state index is 0.132. The maximum atomic E-state index is 13.6. The number of rotatable bonds is 9. The predicted octanol–water partition coefficient (Wildman–Crippen LogP) is 8.79. The smallest absolute Gasteiger partial charge is 0.301 e. The number of aliphatic hydroxyl groups excluding tert-OH is 1. The van der Waals surface area contributed by atoms with Crippen LogP contribution in [0.4, 0.5) is 9.52 Å². The third kappa shape index (κ3) is 6.66. The summed E-state index contributed by atoms with van der Waals surface area (Å²) in [5, 5.41) is 20.6. The molecular weight excluding hydrogens is 668 g/mol. The topological polar surface area (TPSA) is 92.6 Å². The first-order valence-electron chi connectivity index (χ1n) is 13.9. The monoisotopic (exact) mass is 691 g/mol. The molecule has 0 aliphatic carbocycles. The van der Waals surface area contributed by atoms with Crippen LogP contribution < -0.4 is 9.64 Å². The van der Waals surface area contributed by atoms with E-state index in [1.807, 2.05) is 31.2 Å². The zero-order valence-electron chi connectivity index (χ0n) is 24.1. The second-order valence-electron chi connectivity index (χ2n) is 10.3. The summed E-state index contributed by atoms with van der Waals surface area (Å²) in [6.07, 6.45) is 0. The molecule has 2 heterocycles. The second-order valence-corrected chi connectivity index (χ2v) is 13.3. The summed E-state index contributed by atoms with van der Waals surface area (Å²) in [6, 6.07) is 24.3. The largest absolute Gasteiger partial charge is 0.507 e. The number of hydrogen-bond donors (Lipinski definition) is 1. The fraction of sp³-hybridized carbons (Fsp3) is 0.118. The van der Waals surface area contributed by atoms with Crippen molar-refractivity contribution in [3.05, 3.63) is 140 Å². The minimum atomic E-state index is -1.06. The van der Waals surface area contributed by atoms with E-state index in [4.69, 9.17) is 27.9 Å². The van der Waals surface area contributed by atoms with Gasteiger partial charge in [-0.1, -0.05) is 88.8 Å². The average Bonchev–Trinajstić information content (AvgIpc) is 3.63. The second kappa shape index (κ2) is 13.6. The van der Waals surface area contributed by atoms with E-state index in [1.165, 1.54) is 28.8 Å². The summed E-state index contributed by atoms with van der Waals surface area (Å²) in [5.41, 5.74) is 3.67. The number of ketones is 1. The normalized spacial score (nSPS) is 15.8. The van der Waals surface area contributed by atoms with Crippen molar-refractivity contribution in [3.63, 3.8) is 0 Å². The highest BCUT2D eigenvalue weighted by Crippen LogP contribution is 2.45. The average molecular weight is 693 g/mol. The van der Waals surface area contributed by atoms with Gasteiger partial charge in [0.15, 0.2) is 4.34 Å². The van der Waals surface area contributed by atoms with Crippen molar-refractivity contribution < 1.29 is 23.8 Å². The van der Waals surface area contributed by atoms with Gasteiger partial charge >= 0.3 is 5.91 Å². The molecule has 1 saturated heterocycles. The summed E-state index contributed by atoms with van der Waals surface area (Å²) in [4.78, 5) is 28.3. The molecule has 46 heavy (non-hydrogen) atoms. The maximum absolute atomic E-state index is 13.6. The van der Waals surface area contributed by atoms with Crippen molar-refractivity contribution in [3.8, 4) is 5.75 Å². The first-order valence-corrected chi connectivity index (χ1v) is 16.5. The van der Waals surface area contributed by atoms with Gasteiger partial charge in [-0.05, 0) is 77.7 Å². The SMILES string of the molecule is Cc1ccccc1COc1ccc(/C(O)=C2\C(=O)C(=O)N(c3nnc(SCc4ccc(F)cc4)s3)C2c2ccc(Cl)c(Cl)c2)cc1. The van der Waals surface area contributed by atoms with Crippen LogP contribution >= 0.6 is 46.3 Å². The van der Waals surface area contributed by atoms with Crippen molar-refractivity contribution in [2.45, 2.75) is 29.7 Å². The maximum Gasteiger partial charge on any atom is 0.301 e. The molecule has 1 amide bonds. The lowest BCUT2D eigenvalue weighted by atomic mass is 9.95. The van der Waals surface area contributed by atoms with E-state index < -0.39 is 17.7 Å². The molecule has 1 atom stereocenters. The van der Waals surface area contributed by atoms with Crippen LogP contribution in [0.15, 0.2) is 101 Å². The number of anilines is 1. The van der Waals surface area contributed by atoms with Gasteiger partial charge in [0.25, 0.3) is 5.78 Å². The number of nitrogens with zero attached hydrogens (tertiary/aromatic N) is 3. The quantitative estimate of drug-likeness (QED) is 0.0543. The molecule has 232 valence electrons. The molecule has 1 aliphatic rings. The Morgan fingerprint density at radius 2 is 1.72 bits per heavy atom. The van der Waals surface area contributed by atoms with Crippen LogP contribution in [0.25, 0.3) is 5.76 Å². The van der Waals surface area contributed by atoms with Gasteiger partial charge in [-0.2, -0.15) is 0 Å². The summed E-state index contributed by atoms with van der Waals surface area (Å²) in [7, 11) is 0. The Morgan fingerprint density at radius 3 is 2.43 bits per heavy atom. The zero-order chi connectivity index (χ0) is 32.4. The number of amides is 1. The molecule has 5 aromatic rings. The van der Waals surface area contributed by atoms with Crippen LogP contribution in [-0.4, -0.2) is 27.0 Å². The molecule has 1 N–H and O–H groups in total. The van der Waals surface area contributed by atoms with E-state index in [0.717, 1.165) is 28.0 Å². The molecule has 4 aromatic carbocycles. The third-order valence-electron chi connectivity index (χ3n) is 7.36. The van der Waals surface area contributed by atoms with Crippen LogP contribution in [0.5, 0.6) is 5.75 Å². The standard InChI is InChI=1S/C34H24Cl2FN3O4S2/c1-19-4-2-3-5-23(19)17-44-25-13-8-21(9-14-25)30(41)28-29(22-10-15-26(35)27(36)16-22)40(32(43)31(28)42)33-38-39-34(46-33)45-18-20-6-11-24(37)12-7-20/h2-16,29,41H,17-18H2,1H3/b30-28+. The van der Waals surface area contributed by atoms with Crippen LogP contribution in [0.3, 0.4) is 0 Å². The first-order chi connectivity index (χ1) is 22.2. The van der Waals surface area contributed by atoms with E-state index >= 15 is 0 Å². The molecule has 6 rings (SSSR count). The van der Waals surface area contributed by atoms with Gasteiger partial charge < -0.3 is 9.84 Å². The zero-order valence-corrected chi connectivity index (χ0v) is 27.3. The number of thioether (sulfide) groups is 1. The number of aryl methyl sites for hydroxylation is 1. The highest BCUT2D eigenvalue weighted by molar-refractivity contribution is 8.00. The Labute approximate surface area is 282 Å². The lowest BCUT2D eigenvalue weighted by Crippen LogP contribution is -2.29. The predicted molar refractivity (Wildman–Crippen MR) is 179 cm³/mol. The van der Waals surface area contributed by atoms with Gasteiger partial charge in [0.1, 0.15) is 23.9 Å². The lowest BCUT2D eigenvalue weighted by Gasteiger charge is -2.23. The van der Waals surface area contributed by atoms with Crippen LogP contribution in [-0.2, 0) is 21.9 Å². The molecule has 0 spiro atoms. The van der Waals surface area contributed by atoms with E-state index in [2.05, 4.69) is 10.2 Å². The van der Waals surface area contributed by atoms with E-state index in [-0.39, 0.29) is 27.3 Å². The Bertz CT molecular complexity index is 1970. The Hall–Kier alpha value is -4.22. The third-order valence-corrected chi connectivity index (χ3v) is 10.2. The summed E-state index contributed by atoms with van der Waals surface area (Å²) < 4.78 is 19.8. The molecule has 0 bridgehead atoms. The Morgan fingerprint density at radius 1 is 0.978 bits per heavy atom. The fourth-order valence-electron chi connectivity index (χ4n) is 4.91. The molecule has 1 aromatic heterocycles. The van der Waals surface area contributed by atoms with E-state index in [1.54, 1.807) is 54.6 Å². The summed E-state index contributed by atoms with van der Waals surface area (Å²) in [5.74, 6) is -1.38. The molecule has 0 radical (unpaired) electrons. The Kier molecular flexibility index (Phi) is 9.42. The minimum Gasteiger partial charge on any atom is -0.507 e. The number of benzene rings is 4. The van der Waals surface area contributed by atoms with Crippen LogP contribution in [0.1, 0.15) is 33.9 Å². The number of Topliss-reactive ketones (excluding diaryl/α,β-unsaturated/α-hetero) is 1. The van der Waals surface area contributed by atoms with E-state index in [9.17, 15) is 19.1 Å². The van der Waals surface area contributed by atoms with Gasteiger partial charge in [0, 0.05) is 11.3 Å². The lowest BCUT2D eigenvalue weighted by molar-refractivity contribution is -0.132. The molecule has 1 unspecified atom stereocenters. The van der Waals surface area contributed by atoms with Gasteiger partial charge in [-0.15, -0.1) is 10.2 Å².